The van der Waals surface area contributed by atoms with Crippen molar-refractivity contribution in [2.45, 2.75) is 18.1 Å². The van der Waals surface area contributed by atoms with Crippen molar-refractivity contribution < 1.29 is 14.9 Å². The quantitative estimate of drug-likeness (QED) is 0.790. The van der Waals surface area contributed by atoms with Crippen LogP contribution >= 0.6 is 23.2 Å². The molecule has 2 rings (SSSR count). The van der Waals surface area contributed by atoms with Gasteiger partial charge in [0.2, 0.25) is 0 Å². The first-order valence-corrected chi connectivity index (χ1v) is 6.95. The molecule has 1 aliphatic heterocycles. The molecule has 0 amide bonds. The topological polar surface area (TPSA) is 61.7 Å². The lowest BCUT2D eigenvalue weighted by Gasteiger charge is -2.28. The van der Waals surface area contributed by atoms with Gasteiger partial charge in [-0.1, -0.05) is 29.3 Å². The van der Waals surface area contributed by atoms with Gasteiger partial charge in [-0.05, 0) is 17.7 Å². The fraction of sp³-hybridized carbons (Fsp3) is 0.538. The second-order valence-electron chi connectivity index (χ2n) is 4.57. The van der Waals surface area contributed by atoms with E-state index >= 15 is 0 Å². The standard InChI is InChI=1S/C13H17Cl2NO3/c14-10-2-1-8(5-11(10)15)9-6-16-3-4-19-13(9)12(18)7-17/h1-2,5,9,12-13,16-18H,3-4,6-7H2/t9-,12+,13-/m0/s1. The summed E-state index contributed by atoms with van der Waals surface area (Å²) in [5.74, 6) is -0.0839. The van der Waals surface area contributed by atoms with Crippen molar-refractivity contribution in [2.75, 3.05) is 26.3 Å². The first kappa shape index (κ1) is 15.0. The molecule has 19 heavy (non-hydrogen) atoms. The van der Waals surface area contributed by atoms with Gasteiger partial charge in [0.25, 0.3) is 0 Å². The van der Waals surface area contributed by atoms with Crippen LogP contribution in [0, 0.1) is 0 Å². The average Bonchev–Trinajstić information content (AvgIpc) is 2.66. The average molecular weight is 306 g/mol. The number of halogens is 2. The minimum Gasteiger partial charge on any atom is -0.394 e. The van der Waals surface area contributed by atoms with Crippen molar-refractivity contribution in [3.63, 3.8) is 0 Å². The summed E-state index contributed by atoms with van der Waals surface area (Å²) in [6, 6.07) is 5.38. The summed E-state index contributed by atoms with van der Waals surface area (Å²) in [5.41, 5.74) is 0.932. The molecule has 0 unspecified atom stereocenters. The SMILES string of the molecule is OC[C@@H](O)[C@H]1OCCNC[C@H]1c1ccc(Cl)c(Cl)c1. The van der Waals surface area contributed by atoms with E-state index in [-0.39, 0.29) is 12.5 Å². The van der Waals surface area contributed by atoms with Gasteiger partial charge in [0, 0.05) is 19.0 Å². The van der Waals surface area contributed by atoms with Gasteiger partial charge in [-0.15, -0.1) is 0 Å². The van der Waals surface area contributed by atoms with Crippen molar-refractivity contribution in [2.24, 2.45) is 0 Å². The number of nitrogens with one attached hydrogen (secondary N) is 1. The van der Waals surface area contributed by atoms with Crippen LogP contribution in [0.2, 0.25) is 10.0 Å². The molecule has 4 nitrogen and oxygen atoms in total. The normalized spacial score (nSPS) is 25.9. The molecule has 6 heteroatoms. The van der Waals surface area contributed by atoms with Gasteiger partial charge in [-0.3, -0.25) is 0 Å². The third-order valence-electron chi connectivity index (χ3n) is 3.29. The van der Waals surface area contributed by atoms with Crippen LogP contribution in [0.15, 0.2) is 18.2 Å². The van der Waals surface area contributed by atoms with Gasteiger partial charge in [0.1, 0.15) is 6.10 Å². The highest BCUT2D eigenvalue weighted by atomic mass is 35.5. The smallest absolute Gasteiger partial charge is 0.104 e. The highest BCUT2D eigenvalue weighted by molar-refractivity contribution is 6.42. The fourth-order valence-electron chi connectivity index (χ4n) is 2.29. The second-order valence-corrected chi connectivity index (χ2v) is 5.38. The van der Waals surface area contributed by atoms with Gasteiger partial charge in [0.15, 0.2) is 0 Å². The first-order valence-electron chi connectivity index (χ1n) is 6.19. The maximum Gasteiger partial charge on any atom is 0.104 e. The molecule has 0 radical (unpaired) electrons. The number of aliphatic hydroxyl groups excluding tert-OH is 2. The minimum atomic E-state index is -0.917. The van der Waals surface area contributed by atoms with Crippen LogP contribution in [-0.2, 0) is 4.74 Å². The summed E-state index contributed by atoms with van der Waals surface area (Å²) in [7, 11) is 0. The molecule has 1 aliphatic rings. The number of rotatable bonds is 3. The van der Waals surface area contributed by atoms with E-state index in [0.717, 1.165) is 5.56 Å². The van der Waals surface area contributed by atoms with E-state index in [0.29, 0.717) is 29.7 Å². The van der Waals surface area contributed by atoms with Crippen LogP contribution in [0.1, 0.15) is 11.5 Å². The predicted molar refractivity (Wildman–Crippen MR) is 74.9 cm³/mol. The van der Waals surface area contributed by atoms with E-state index < -0.39 is 12.2 Å². The van der Waals surface area contributed by atoms with Crippen LogP contribution in [0.5, 0.6) is 0 Å². The van der Waals surface area contributed by atoms with E-state index in [1.807, 2.05) is 6.07 Å². The van der Waals surface area contributed by atoms with Crippen LogP contribution in [0.25, 0.3) is 0 Å². The molecule has 0 bridgehead atoms. The summed E-state index contributed by atoms with van der Waals surface area (Å²) >= 11 is 11.9. The number of hydrogen-bond donors (Lipinski definition) is 3. The number of hydrogen-bond acceptors (Lipinski definition) is 4. The lowest BCUT2D eigenvalue weighted by atomic mass is 9.90. The van der Waals surface area contributed by atoms with E-state index in [4.69, 9.17) is 33.0 Å². The molecule has 1 aromatic rings. The zero-order valence-electron chi connectivity index (χ0n) is 10.4. The van der Waals surface area contributed by atoms with Gasteiger partial charge in [-0.25, -0.2) is 0 Å². The molecule has 0 aromatic heterocycles. The lowest BCUT2D eigenvalue weighted by molar-refractivity contribution is -0.0609. The number of aliphatic hydroxyl groups is 2. The zero-order chi connectivity index (χ0) is 13.8. The van der Waals surface area contributed by atoms with Crippen LogP contribution in [0.3, 0.4) is 0 Å². The van der Waals surface area contributed by atoms with E-state index in [1.165, 1.54) is 0 Å². The molecule has 1 aromatic carbocycles. The van der Waals surface area contributed by atoms with Crippen LogP contribution < -0.4 is 5.32 Å². The van der Waals surface area contributed by atoms with E-state index in [2.05, 4.69) is 5.32 Å². The largest absolute Gasteiger partial charge is 0.394 e. The molecule has 1 fully saturated rings. The summed E-state index contributed by atoms with van der Waals surface area (Å²) in [6.07, 6.45) is -1.38. The lowest BCUT2D eigenvalue weighted by Crippen LogP contribution is -2.38. The van der Waals surface area contributed by atoms with Crippen LogP contribution in [-0.4, -0.2) is 48.7 Å². The molecule has 0 aliphatic carbocycles. The van der Waals surface area contributed by atoms with Gasteiger partial charge >= 0.3 is 0 Å². The Hall–Kier alpha value is -0.360. The molecular formula is C13H17Cl2NO3. The third kappa shape index (κ3) is 3.60. The van der Waals surface area contributed by atoms with Crippen molar-refractivity contribution in [1.82, 2.24) is 5.32 Å². The molecule has 1 saturated heterocycles. The molecule has 1 heterocycles. The minimum absolute atomic E-state index is 0.0839. The Morgan fingerprint density at radius 2 is 2.16 bits per heavy atom. The van der Waals surface area contributed by atoms with E-state index in [1.54, 1.807) is 12.1 Å². The Kier molecular flexibility index (Phi) is 5.45. The highest BCUT2D eigenvalue weighted by Crippen LogP contribution is 2.30. The van der Waals surface area contributed by atoms with Crippen molar-refractivity contribution in [3.8, 4) is 0 Å². The van der Waals surface area contributed by atoms with Gasteiger partial charge < -0.3 is 20.3 Å². The first-order chi connectivity index (χ1) is 9.13. The second kappa shape index (κ2) is 6.88. The molecule has 0 saturated carbocycles. The Labute approximate surface area is 122 Å². The molecule has 0 spiro atoms. The maximum atomic E-state index is 9.90. The Morgan fingerprint density at radius 3 is 2.84 bits per heavy atom. The Morgan fingerprint density at radius 1 is 1.37 bits per heavy atom. The Bertz CT molecular complexity index is 430. The number of ether oxygens (including phenoxy) is 1. The van der Waals surface area contributed by atoms with Crippen LogP contribution in [0.4, 0.5) is 0 Å². The zero-order valence-corrected chi connectivity index (χ0v) is 11.9. The monoisotopic (exact) mass is 305 g/mol. The third-order valence-corrected chi connectivity index (χ3v) is 4.03. The summed E-state index contributed by atoms with van der Waals surface area (Å²) in [5, 5.41) is 23.3. The van der Waals surface area contributed by atoms with Gasteiger partial charge in [0.05, 0.1) is 29.4 Å². The Balaban J connectivity index is 2.28. The van der Waals surface area contributed by atoms with Crippen molar-refractivity contribution in [1.29, 1.82) is 0 Å². The predicted octanol–water partition coefficient (Wildman–Crippen LogP) is 1.42. The molecular weight excluding hydrogens is 289 g/mol. The molecule has 3 atom stereocenters. The summed E-state index contributed by atoms with van der Waals surface area (Å²) in [4.78, 5) is 0. The maximum absolute atomic E-state index is 9.90. The fourth-order valence-corrected chi connectivity index (χ4v) is 2.60. The molecule has 3 N–H and O–H groups in total. The summed E-state index contributed by atoms with van der Waals surface area (Å²) < 4.78 is 5.64. The number of benzene rings is 1. The summed E-state index contributed by atoms with van der Waals surface area (Å²) in [6.45, 7) is 1.54. The van der Waals surface area contributed by atoms with Gasteiger partial charge in [-0.2, -0.15) is 0 Å². The van der Waals surface area contributed by atoms with Crippen molar-refractivity contribution >= 4 is 23.2 Å². The van der Waals surface area contributed by atoms with E-state index in [9.17, 15) is 5.11 Å². The highest BCUT2D eigenvalue weighted by Gasteiger charge is 2.31. The van der Waals surface area contributed by atoms with Crippen molar-refractivity contribution in [3.05, 3.63) is 33.8 Å². The molecule has 106 valence electrons.